The molecule has 5 rings (SSSR count). The highest BCUT2D eigenvalue weighted by Gasteiger charge is 2.18. The van der Waals surface area contributed by atoms with Crippen LogP contribution in [0.1, 0.15) is 9.67 Å². The lowest BCUT2D eigenvalue weighted by Crippen LogP contribution is -2.43. The fourth-order valence-corrected chi connectivity index (χ4v) is 5.47. The number of nitrogens with one attached hydrogen (secondary N) is 2. The molecule has 29 heavy (non-hydrogen) atoms. The third-order valence-electron chi connectivity index (χ3n) is 4.84. The second-order valence-corrected chi connectivity index (χ2v) is 8.96. The van der Waals surface area contributed by atoms with Crippen molar-refractivity contribution in [3.8, 4) is 11.3 Å². The maximum absolute atomic E-state index is 12.7. The van der Waals surface area contributed by atoms with E-state index in [1.807, 2.05) is 49.6 Å². The first kappa shape index (κ1) is 18.3. The number of piperazine rings is 1. The number of hydrogen-bond donors (Lipinski definition) is 2. The minimum atomic E-state index is -0.102. The van der Waals surface area contributed by atoms with Crippen LogP contribution in [-0.4, -0.2) is 46.9 Å². The number of thiazole rings is 1. The predicted octanol–water partition coefficient (Wildman–Crippen LogP) is 3.42. The maximum atomic E-state index is 12.7. The molecule has 0 atom stereocenters. The van der Waals surface area contributed by atoms with E-state index < -0.39 is 0 Å². The molecule has 1 fully saturated rings. The lowest BCUT2D eigenvalue weighted by molar-refractivity contribution is 0.103. The molecular formula is C20H20N6OS2. The number of aryl methyl sites for hydroxylation is 1. The Morgan fingerprint density at radius 2 is 1.93 bits per heavy atom. The number of amides is 1. The average Bonchev–Trinajstić information content (AvgIpc) is 3.44. The summed E-state index contributed by atoms with van der Waals surface area (Å²) in [5, 5.41) is 11.8. The van der Waals surface area contributed by atoms with Crippen molar-refractivity contribution in [2.75, 3.05) is 36.4 Å². The second-order valence-electron chi connectivity index (χ2n) is 6.92. The third kappa shape index (κ3) is 3.76. The number of carbonyl (C=O) groups excluding carboxylic acids is 1. The van der Waals surface area contributed by atoms with Gasteiger partial charge in [-0.1, -0.05) is 23.5 Å². The standard InChI is InChI=1S/C20H20N6OS2/c1-25-9-6-15(24-25)13-2-4-14(5-3-13)22-18(27)16-12-17-19(28-16)23-20(29-17)26-10-7-21-8-11-26/h2-6,9,12,21H,7-8,10-11H2,1H3,(H,22,27). The number of thiophene rings is 1. The van der Waals surface area contributed by atoms with Gasteiger partial charge in [-0.05, 0) is 24.3 Å². The molecule has 0 radical (unpaired) electrons. The van der Waals surface area contributed by atoms with Crippen molar-refractivity contribution in [2.45, 2.75) is 0 Å². The number of rotatable bonds is 4. The van der Waals surface area contributed by atoms with Crippen molar-refractivity contribution in [1.82, 2.24) is 20.1 Å². The molecule has 1 aromatic carbocycles. The fourth-order valence-electron chi connectivity index (χ4n) is 3.31. The van der Waals surface area contributed by atoms with E-state index in [2.05, 4.69) is 20.6 Å². The Morgan fingerprint density at radius 3 is 2.62 bits per heavy atom. The number of hydrogen-bond acceptors (Lipinski definition) is 7. The fraction of sp³-hybridized carbons (Fsp3) is 0.250. The van der Waals surface area contributed by atoms with E-state index in [0.29, 0.717) is 4.88 Å². The summed E-state index contributed by atoms with van der Waals surface area (Å²) in [6.45, 7) is 3.92. The molecule has 1 aliphatic rings. The Labute approximate surface area is 176 Å². The Hall–Kier alpha value is -2.75. The van der Waals surface area contributed by atoms with E-state index >= 15 is 0 Å². The molecule has 0 unspecified atom stereocenters. The van der Waals surface area contributed by atoms with Crippen LogP contribution >= 0.6 is 22.7 Å². The molecule has 0 bridgehead atoms. The van der Waals surface area contributed by atoms with Gasteiger partial charge < -0.3 is 15.5 Å². The summed E-state index contributed by atoms with van der Waals surface area (Å²) in [7, 11) is 1.89. The van der Waals surface area contributed by atoms with Crippen LogP contribution in [0, 0.1) is 0 Å². The van der Waals surface area contributed by atoms with Crippen molar-refractivity contribution in [3.63, 3.8) is 0 Å². The van der Waals surface area contributed by atoms with Crippen molar-refractivity contribution < 1.29 is 4.79 Å². The Morgan fingerprint density at radius 1 is 1.14 bits per heavy atom. The summed E-state index contributed by atoms with van der Waals surface area (Å²) in [6, 6.07) is 11.6. The highest BCUT2D eigenvalue weighted by Crippen LogP contribution is 2.35. The molecule has 7 nitrogen and oxygen atoms in total. The van der Waals surface area contributed by atoms with Crippen LogP contribution in [-0.2, 0) is 7.05 Å². The molecule has 9 heteroatoms. The monoisotopic (exact) mass is 424 g/mol. The van der Waals surface area contributed by atoms with Gasteiger partial charge in [0.1, 0.15) is 4.83 Å². The lowest BCUT2D eigenvalue weighted by atomic mass is 10.1. The number of nitrogens with zero attached hydrogens (tertiary/aromatic N) is 4. The molecule has 1 amide bonds. The maximum Gasteiger partial charge on any atom is 0.265 e. The highest BCUT2D eigenvalue weighted by atomic mass is 32.1. The normalized spacial score (nSPS) is 14.4. The first-order chi connectivity index (χ1) is 14.2. The van der Waals surface area contributed by atoms with Gasteiger partial charge in [-0.15, -0.1) is 11.3 Å². The molecule has 3 aromatic heterocycles. The number of anilines is 2. The molecule has 0 saturated carbocycles. The molecule has 4 aromatic rings. The average molecular weight is 425 g/mol. The van der Waals surface area contributed by atoms with E-state index in [4.69, 9.17) is 4.98 Å². The van der Waals surface area contributed by atoms with E-state index in [1.165, 1.54) is 11.3 Å². The Kier molecular flexibility index (Phi) is 4.78. The zero-order valence-corrected chi connectivity index (χ0v) is 17.5. The van der Waals surface area contributed by atoms with Crippen LogP contribution in [0.15, 0.2) is 42.6 Å². The van der Waals surface area contributed by atoms with Crippen molar-refractivity contribution >= 4 is 48.9 Å². The first-order valence-corrected chi connectivity index (χ1v) is 11.1. The van der Waals surface area contributed by atoms with Crippen LogP contribution < -0.4 is 15.5 Å². The van der Waals surface area contributed by atoms with Gasteiger partial charge in [0, 0.05) is 50.7 Å². The summed E-state index contributed by atoms with van der Waals surface area (Å²) < 4.78 is 2.84. The van der Waals surface area contributed by atoms with E-state index in [0.717, 1.165) is 57.8 Å². The Balaban J connectivity index is 1.29. The van der Waals surface area contributed by atoms with Gasteiger partial charge in [0.25, 0.3) is 5.91 Å². The lowest BCUT2D eigenvalue weighted by Gasteiger charge is -2.26. The minimum absolute atomic E-state index is 0.102. The molecule has 0 aliphatic carbocycles. The second kappa shape index (κ2) is 7.58. The van der Waals surface area contributed by atoms with Gasteiger partial charge >= 0.3 is 0 Å². The summed E-state index contributed by atoms with van der Waals surface area (Å²) in [5.74, 6) is -0.102. The molecule has 148 valence electrons. The van der Waals surface area contributed by atoms with Gasteiger partial charge in [0.05, 0.1) is 15.3 Å². The molecular weight excluding hydrogens is 404 g/mol. The topological polar surface area (TPSA) is 75.1 Å². The van der Waals surface area contributed by atoms with Crippen molar-refractivity contribution in [2.24, 2.45) is 7.05 Å². The molecule has 1 aliphatic heterocycles. The van der Waals surface area contributed by atoms with Gasteiger partial charge in [-0.3, -0.25) is 9.48 Å². The van der Waals surface area contributed by atoms with Crippen molar-refractivity contribution in [3.05, 3.63) is 47.5 Å². The third-order valence-corrected chi connectivity index (χ3v) is 7.06. The quantitative estimate of drug-likeness (QED) is 0.525. The summed E-state index contributed by atoms with van der Waals surface area (Å²) in [6.07, 6.45) is 1.91. The largest absolute Gasteiger partial charge is 0.345 e. The first-order valence-electron chi connectivity index (χ1n) is 9.43. The van der Waals surface area contributed by atoms with Crippen LogP contribution in [0.5, 0.6) is 0 Å². The van der Waals surface area contributed by atoms with E-state index in [1.54, 1.807) is 16.0 Å². The van der Waals surface area contributed by atoms with Gasteiger partial charge in [0.2, 0.25) is 0 Å². The van der Waals surface area contributed by atoms with E-state index in [9.17, 15) is 4.79 Å². The van der Waals surface area contributed by atoms with E-state index in [-0.39, 0.29) is 5.91 Å². The van der Waals surface area contributed by atoms with Gasteiger partial charge in [-0.2, -0.15) is 5.10 Å². The zero-order chi connectivity index (χ0) is 19.8. The minimum Gasteiger partial charge on any atom is -0.345 e. The summed E-state index contributed by atoms with van der Waals surface area (Å²) in [5.41, 5.74) is 2.70. The van der Waals surface area contributed by atoms with Crippen molar-refractivity contribution in [1.29, 1.82) is 0 Å². The zero-order valence-electron chi connectivity index (χ0n) is 15.9. The molecule has 2 N–H and O–H groups in total. The van der Waals surface area contributed by atoms with Gasteiger partial charge in [0.15, 0.2) is 5.13 Å². The Bertz CT molecular complexity index is 1120. The summed E-state index contributed by atoms with van der Waals surface area (Å²) >= 11 is 3.10. The molecule has 0 spiro atoms. The van der Waals surface area contributed by atoms with Crippen LogP contribution in [0.25, 0.3) is 20.8 Å². The number of benzene rings is 1. The number of fused-ring (bicyclic) bond motifs is 1. The van der Waals surface area contributed by atoms with Crippen LogP contribution in [0.4, 0.5) is 10.8 Å². The van der Waals surface area contributed by atoms with Crippen LogP contribution in [0.3, 0.4) is 0 Å². The molecule has 4 heterocycles. The predicted molar refractivity (Wildman–Crippen MR) is 119 cm³/mol. The number of aromatic nitrogens is 3. The molecule has 1 saturated heterocycles. The van der Waals surface area contributed by atoms with Gasteiger partial charge in [-0.25, -0.2) is 4.98 Å². The highest BCUT2D eigenvalue weighted by molar-refractivity contribution is 7.29. The number of carbonyl (C=O) groups is 1. The summed E-state index contributed by atoms with van der Waals surface area (Å²) in [4.78, 5) is 21.3. The SMILES string of the molecule is Cn1ccc(-c2ccc(NC(=O)c3cc4sc(N5CCNCC5)nc4s3)cc2)n1. The van der Waals surface area contributed by atoms with Crippen LogP contribution in [0.2, 0.25) is 0 Å². The smallest absolute Gasteiger partial charge is 0.265 e.